The Morgan fingerprint density at radius 2 is 1.96 bits per heavy atom. The van der Waals surface area contributed by atoms with Gasteiger partial charge in [0.05, 0.1) is 0 Å². The fraction of sp³-hybridized carbons (Fsp3) is 0.238. The smallest absolute Gasteiger partial charge is 0.258 e. The number of hydrogen-bond acceptors (Lipinski definition) is 3. The van der Waals surface area contributed by atoms with Gasteiger partial charge in [0.15, 0.2) is 6.61 Å². The highest BCUT2D eigenvalue weighted by Gasteiger charge is 2.20. The zero-order valence-corrected chi connectivity index (χ0v) is 14.5. The van der Waals surface area contributed by atoms with E-state index >= 15 is 0 Å². The summed E-state index contributed by atoms with van der Waals surface area (Å²) in [5.41, 5.74) is 2.06. The molecule has 5 heteroatoms. The molecule has 3 aromatic rings. The highest BCUT2D eigenvalue weighted by molar-refractivity contribution is 5.78. The number of nitrogens with one attached hydrogen (secondary N) is 1. The van der Waals surface area contributed by atoms with Crippen LogP contribution in [0.1, 0.15) is 12.2 Å². The van der Waals surface area contributed by atoms with Crippen LogP contribution >= 0.6 is 0 Å². The number of ether oxygens (including phenoxy) is 1. The molecule has 2 heterocycles. The van der Waals surface area contributed by atoms with Gasteiger partial charge in [-0.3, -0.25) is 4.79 Å². The van der Waals surface area contributed by atoms with E-state index in [0.29, 0.717) is 0 Å². The maximum atomic E-state index is 12.3. The van der Waals surface area contributed by atoms with Crippen LogP contribution in [0.15, 0.2) is 67.0 Å². The summed E-state index contributed by atoms with van der Waals surface area (Å²) in [5.74, 6) is 1.71. The van der Waals surface area contributed by atoms with Crippen molar-refractivity contribution in [3.8, 4) is 16.9 Å². The number of aryl methyl sites for hydroxylation is 1. The van der Waals surface area contributed by atoms with Gasteiger partial charge in [-0.05, 0) is 18.1 Å². The third-order valence-electron chi connectivity index (χ3n) is 4.63. The van der Waals surface area contributed by atoms with Crippen LogP contribution in [-0.2, 0) is 17.8 Å². The molecule has 0 aliphatic carbocycles. The Hall–Kier alpha value is -3.08. The van der Waals surface area contributed by atoms with Crippen molar-refractivity contribution in [1.82, 2.24) is 14.9 Å². The zero-order chi connectivity index (χ0) is 17.8. The molecule has 1 aliphatic rings. The fourth-order valence-electron chi connectivity index (χ4n) is 3.35. The molecule has 0 saturated carbocycles. The summed E-state index contributed by atoms with van der Waals surface area (Å²) in [6, 6.07) is 18.0. The number of amides is 1. The van der Waals surface area contributed by atoms with Crippen LogP contribution in [-0.4, -0.2) is 28.1 Å². The van der Waals surface area contributed by atoms with Crippen molar-refractivity contribution < 1.29 is 9.53 Å². The fourth-order valence-corrected chi connectivity index (χ4v) is 3.35. The van der Waals surface area contributed by atoms with E-state index in [1.165, 1.54) is 0 Å². The number of carbonyl (C=O) groups excluding carboxylic acids is 1. The standard InChI is InChI=1S/C21H21N3O2/c25-21(23-17-10-11-20-22-12-13-24(20)14-17)15-26-19-9-5-4-8-18(19)16-6-2-1-3-7-16/h1-9,12-13,17H,10-11,14-15H2,(H,23,25). The molecule has 1 aromatic heterocycles. The summed E-state index contributed by atoms with van der Waals surface area (Å²) < 4.78 is 7.92. The first-order valence-corrected chi connectivity index (χ1v) is 8.86. The van der Waals surface area contributed by atoms with Gasteiger partial charge in [-0.1, -0.05) is 48.5 Å². The van der Waals surface area contributed by atoms with Crippen LogP contribution in [0, 0.1) is 0 Å². The SMILES string of the molecule is O=C(COc1ccccc1-c1ccccc1)NC1CCc2nccn2C1. The summed E-state index contributed by atoms with van der Waals surface area (Å²) in [7, 11) is 0. The average Bonchev–Trinajstić information content (AvgIpc) is 3.15. The Morgan fingerprint density at radius 3 is 2.85 bits per heavy atom. The third-order valence-corrected chi connectivity index (χ3v) is 4.63. The lowest BCUT2D eigenvalue weighted by atomic mass is 10.1. The normalized spacial score (nSPS) is 15.9. The summed E-state index contributed by atoms with van der Waals surface area (Å²) in [5, 5.41) is 3.07. The summed E-state index contributed by atoms with van der Waals surface area (Å²) in [4.78, 5) is 16.6. The Morgan fingerprint density at radius 1 is 1.15 bits per heavy atom. The van der Waals surface area contributed by atoms with E-state index in [0.717, 1.165) is 42.1 Å². The van der Waals surface area contributed by atoms with E-state index in [1.54, 1.807) is 0 Å². The van der Waals surface area contributed by atoms with Crippen molar-refractivity contribution >= 4 is 5.91 Å². The molecule has 26 heavy (non-hydrogen) atoms. The van der Waals surface area contributed by atoms with Crippen molar-refractivity contribution in [3.05, 3.63) is 72.8 Å². The minimum atomic E-state index is -0.0959. The second-order valence-electron chi connectivity index (χ2n) is 6.45. The summed E-state index contributed by atoms with van der Waals surface area (Å²) in [6.45, 7) is 0.777. The van der Waals surface area contributed by atoms with Crippen LogP contribution in [0.4, 0.5) is 0 Å². The number of hydrogen-bond donors (Lipinski definition) is 1. The lowest BCUT2D eigenvalue weighted by Gasteiger charge is -2.24. The maximum Gasteiger partial charge on any atom is 0.258 e. The average molecular weight is 347 g/mol. The predicted octanol–water partition coefficient (Wildman–Crippen LogP) is 3.06. The minimum absolute atomic E-state index is 0.0110. The number of benzene rings is 2. The number of carbonyl (C=O) groups is 1. The monoisotopic (exact) mass is 347 g/mol. The van der Waals surface area contributed by atoms with Gasteiger partial charge in [0.1, 0.15) is 11.6 Å². The molecule has 1 atom stereocenters. The van der Waals surface area contributed by atoms with E-state index in [9.17, 15) is 4.79 Å². The van der Waals surface area contributed by atoms with Gasteiger partial charge < -0.3 is 14.6 Å². The lowest BCUT2D eigenvalue weighted by molar-refractivity contribution is -0.124. The van der Waals surface area contributed by atoms with Gasteiger partial charge in [-0.15, -0.1) is 0 Å². The van der Waals surface area contributed by atoms with Crippen LogP contribution in [0.5, 0.6) is 5.75 Å². The van der Waals surface area contributed by atoms with E-state index in [2.05, 4.69) is 14.9 Å². The van der Waals surface area contributed by atoms with Crippen molar-refractivity contribution in [3.63, 3.8) is 0 Å². The molecule has 1 unspecified atom stereocenters. The second-order valence-corrected chi connectivity index (χ2v) is 6.45. The van der Waals surface area contributed by atoms with Crippen molar-refractivity contribution in [2.75, 3.05) is 6.61 Å². The highest BCUT2D eigenvalue weighted by Crippen LogP contribution is 2.29. The molecule has 1 aliphatic heterocycles. The number of imidazole rings is 1. The number of nitrogens with zero attached hydrogens (tertiary/aromatic N) is 2. The van der Waals surface area contributed by atoms with Crippen LogP contribution < -0.4 is 10.1 Å². The highest BCUT2D eigenvalue weighted by atomic mass is 16.5. The van der Waals surface area contributed by atoms with Crippen LogP contribution in [0.3, 0.4) is 0 Å². The van der Waals surface area contributed by atoms with E-state index < -0.39 is 0 Å². The molecule has 1 amide bonds. The summed E-state index contributed by atoms with van der Waals surface area (Å²) in [6.07, 6.45) is 5.56. The van der Waals surface area contributed by atoms with Crippen molar-refractivity contribution in [2.45, 2.75) is 25.4 Å². The molecule has 0 spiro atoms. The zero-order valence-electron chi connectivity index (χ0n) is 14.5. The molecule has 132 valence electrons. The number of para-hydroxylation sites is 1. The first-order valence-electron chi connectivity index (χ1n) is 8.86. The molecule has 0 radical (unpaired) electrons. The topological polar surface area (TPSA) is 56.1 Å². The van der Waals surface area contributed by atoms with Gasteiger partial charge in [-0.25, -0.2) is 4.98 Å². The van der Waals surface area contributed by atoms with Gasteiger partial charge in [0, 0.05) is 37.0 Å². The van der Waals surface area contributed by atoms with E-state index in [1.807, 2.05) is 67.0 Å². The number of fused-ring (bicyclic) bond motifs is 1. The molecule has 0 saturated heterocycles. The second kappa shape index (κ2) is 7.44. The Kier molecular flexibility index (Phi) is 4.69. The van der Waals surface area contributed by atoms with Crippen molar-refractivity contribution in [2.24, 2.45) is 0 Å². The van der Waals surface area contributed by atoms with Crippen LogP contribution in [0.2, 0.25) is 0 Å². The number of aromatic nitrogens is 2. The van der Waals surface area contributed by atoms with Gasteiger partial charge in [0.2, 0.25) is 0 Å². The molecule has 1 N–H and O–H groups in total. The lowest BCUT2D eigenvalue weighted by Crippen LogP contribution is -2.42. The van der Waals surface area contributed by atoms with Gasteiger partial charge in [0.25, 0.3) is 5.91 Å². The third kappa shape index (κ3) is 3.61. The number of rotatable bonds is 5. The molecule has 4 rings (SSSR count). The quantitative estimate of drug-likeness (QED) is 0.772. The Bertz CT molecular complexity index is 889. The minimum Gasteiger partial charge on any atom is -0.483 e. The van der Waals surface area contributed by atoms with Gasteiger partial charge >= 0.3 is 0 Å². The Balaban J connectivity index is 1.37. The first-order chi connectivity index (χ1) is 12.8. The summed E-state index contributed by atoms with van der Waals surface area (Å²) >= 11 is 0. The van der Waals surface area contributed by atoms with Crippen molar-refractivity contribution in [1.29, 1.82) is 0 Å². The molecule has 5 nitrogen and oxygen atoms in total. The van der Waals surface area contributed by atoms with E-state index in [4.69, 9.17) is 4.74 Å². The largest absolute Gasteiger partial charge is 0.483 e. The predicted molar refractivity (Wildman–Crippen MR) is 99.9 cm³/mol. The molecule has 0 fully saturated rings. The van der Waals surface area contributed by atoms with Crippen LogP contribution in [0.25, 0.3) is 11.1 Å². The molecular weight excluding hydrogens is 326 g/mol. The Labute approximate surface area is 152 Å². The first kappa shape index (κ1) is 16.4. The molecular formula is C21H21N3O2. The van der Waals surface area contributed by atoms with E-state index in [-0.39, 0.29) is 18.6 Å². The maximum absolute atomic E-state index is 12.3. The molecule has 0 bridgehead atoms. The van der Waals surface area contributed by atoms with Gasteiger partial charge in [-0.2, -0.15) is 0 Å². The molecule has 2 aromatic carbocycles.